The third kappa shape index (κ3) is 1.65. The summed E-state index contributed by atoms with van der Waals surface area (Å²) < 4.78 is 5.69. The van der Waals surface area contributed by atoms with Crippen molar-refractivity contribution in [3.63, 3.8) is 0 Å². The summed E-state index contributed by atoms with van der Waals surface area (Å²) in [6.45, 7) is 0. The molecule has 0 bridgehead atoms. The quantitative estimate of drug-likeness (QED) is 0.374. The smallest absolute Gasteiger partial charge is 0.281 e. The Morgan fingerprint density at radius 3 is 2.88 bits per heavy atom. The summed E-state index contributed by atoms with van der Waals surface area (Å²) in [5.74, 6) is 0. The van der Waals surface area contributed by atoms with E-state index in [9.17, 15) is 4.79 Å². The number of para-hydroxylation sites is 1. The van der Waals surface area contributed by atoms with Gasteiger partial charge in [0.2, 0.25) is 5.69 Å². The van der Waals surface area contributed by atoms with Gasteiger partial charge < -0.3 is 0 Å². The van der Waals surface area contributed by atoms with Gasteiger partial charge in [-0.2, -0.15) is 0 Å². The predicted octanol–water partition coefficient (Wildman–Crippen LogP) is 1.84. The number of azide groups is 1. The van der Waals surface area contributed by atoms with Crippen LogP contribution in [-0.4, -0.2) is 5.27 Å². The molecule has 1 aromatic carbocycles. The number of hydrogen-bond donors (Lipinski definition) is 1. The third-order valence-corrected chi connectivity index (χ3v) is 2.19. The normalized spacial score (nSPS) is 9.81. The molecule has 0 atom stereocenters. The number of halogens is 1. The second-order valence-electron chi connectivity index (χ2n) is 2.79. The van der Waals surface area contributed by atoms with Crippen molar-refractivity contribution in [1.82, 2.24) is 5.27 Å². The SMILES string of the molecule is [N-]=[N+]=Nc1ccccc1-[n+]1[nH]oc(=O)c1Cl. The molecule has 0 spiro atoms. The number of H-pyrrole nitrogens is 1. The van der Waals surface area contributed by atoms with E-state index in [2.05, 4.69) is 19.8 Å². The lowest BCUT2D eigenvalue weighted by atomic mass is 10.3. The molecule has 0 unspecified atom stereocenters. The monoisotopic (exact) mass is 238 g/mol. The molecule has 1 heterocycles. The van der Waals surface area contributed by atoms with Crippen LogP contribution in [0.25, 0.3) is 16.1 Å². The van der Waals surface area contributed by atoms with Crippen LogP contribution in [0.1, 0.15) is 0 Å². The molecule has 0 radical (unpaired) electrons. The van der Waals surface area contributed by atoms with Gasteiger partial charge in [0.15, 0.2) is 0 Å². The number of aromatic amines is 1. The van der Waals surface area contributed by atoms with Crippen molar-refractivity contribution in [3.05, 3.63) is 50.3 Å². The maximum atomic E-state index is 11.0. The molecule has 0 aliphatic rings. The fourth-order valence-electron chi connectivity index (χ4n) is 1.20. The number of nitrogens with one attached hydrogen (secondary N) is 1. The maximum Gasteiger partial charge on any atom is 0.447 e. The lowest BCUT2D eigenvalue weighted by Crippen LogP contribution is -2.34. The van der Waals surface area contributed by atoms with Crippen LogP contribution in [0.5, 0.6) is 0 Å². The highest BCUT2D eigenvalue weighted by atomic mass is 35.5. The molecular weight excluding hydrogens is 234 g/mol. The average Bonchev–Trinajstić information content (AvgIpc) is 2.61. The number of nitrogens with zero attached hydrogens (tertiary/aromatic N) is 4. The van der Waals surface area contributed by atoms with Gasteiger partial charge in [-0.3, -0.25) is 4.52 Å². The van der Waals surface area contributed by atoms with Crippen LogP contribution in [0.3, 0.4) is 0 Å². The Bertz CT molecular complexity index is 625. The minimum atomic E-state index is -0.697. The minimum absolute atomic E-state index is 0.152. The van der Waals surface area contributed by atoms with E-state index < -0.39 is 5.63 Å². The van der Waals surface area contributed by atoms with Crippen molar-refractivity contribution >= 4 is 17.3 Å². The lowest BCUT2D eigenvalue weighted by Gasteiger charge is -1.93. The highest BCUT2D eigenvalue weighted by molar-refractivity contribution is 6.28. The van der Waals surface area contributed by atoms with Crippen LogP contribution in [0, 0.1) is 0 Å². The average molecular weight is 239 g/mol. The molecule has 80 valence electrons. The van der Waals surface area contributed by atoms with Crippen LogP contribution in [-0.2, 0) is 0 Å². The number of hydrogen-bond acceptors (Lipinski definition) is 3. The highest BCUT2D eigenvalue weighted by Crippen LogP contribution is 2.18. The van der Waals surface area contributed by atoms with Crippen LogP contribution in [0.2, 0.25) is 5.15 Å². The molecule has 0 aliphatic heterocycles. The molecule has 0 saturated carbocycles. The van der Waals surface area contributed by atoms with Crippen LogP contribution in [0.15, 0.2) is 38.7 Å². The topological polar surface area (TPSA) is 98.6 Å². The molecule has 0 amide bonds. The van der Waals surface area contributed by atoms with Gasteiger partial charge in [-0.15, -0.1) is 0 Å². The van der Waals surface area contributed by atoms with E-state index in [0.717, 1.165) is 0 Å². The van der Waals surface area contributed by atoms with Gasteiger partial charge in [0.05, 0.1) is 0 Å². The van der Waals surface area contributed by atoms with E-state index in [4.69, 9.17) is 17.1 Å². The Kier molecular flexibility index (Phi) is 2.63. The number of benzene rings is 1. The summed E-state index contributed by atoms with van der Waals surface area (Å²) in [6.07, 6.45) is 0. The zero-order valence-electron chi connectivity index (χ0n) is 7.79. The fourth-order valence-corrected chi connectivity index (χ4v) is 1.37. The molecule has 1 N–H and O–H groups in total. The van der Waals surface area contributed by atoms with Crippen LogP contribution >= 0.6 is 11.6 Å². The summed E-state index contributed by atoms with van der Waals surface area (Å²) in [5, 5.41) is 5.62. The van der Waals surface area contributed by atoms with E-state index in [-0.39, 0.29) is 5.15 Å². The van der Waals surface area contributed by atoms with E-state index in [1.54, 1.807) is 24.3 Å². The maximum absolute atomic E-state index is 11.0. The van der Waals surface area contributed by atoms with Crippen LogP contribution < -0.4 is 10.3 Å². The second kappa shape index (κ2) is 4.09. The molecule has 7 nitrogen and oxygen atoms in total. The summed E-state index contributed by atoms with van der Waals surface area (Å²) in [5.41, 5.74) is 8.44. The van der Waals surface area contributed by atoms with Crippen molar-refractivity contribution in [2.24, 2.45) is 5.11 Å². The minimum Gasteiger partial charge on any atom is -0.281 e. The Morgan fingerprint density at radius 1 is 1.50 bits per heavy atom. The summed E-state index contributed by atoms with van der Waals surface area (Å²) in [6, 6.07) is 6.62. The number of rotatable bonds is 2. The Labute approximate surface area is 93.5 Å². The molecule has 16 heavy (non-hydrogen) atoms. The van der Waals surface area contributed by atoms with Gasteiger partial charge in [0.1, 0.15) is 5.69 Å². The molecule has 8 heteroatoms. The molecular formula is C8H5ClN5O2+. The third-order valence-electron chi connectivity index (χ3n) is 1.87. The summed E-state index contributed by atoms with van der Waals surface area (Å²) in [4.78, 5) is 13.7. The first-order valence-corrected chi connectivity index (χ1v) is 4.55. The van der Waals surface area contributed by atoms with Crippen LogP contribution in [0.4, 0.5) is 5.69 Å². The van der Waals surface area contributed by atoms with Crippen molar-refractivity contribution in [3.8, 4) is 5.69 Å². The van der Waals surface area contributed by atoms with E-state index in [0.29, 0.717) is 11.4 Å². The van der Waals surface area contributed by atoms with Gasteiger partial charge in [0.25, 0.3) is 0 Å². The fraction of sp³-hybridized carbons (Fsp3) is 0. The zero-order chi connectivity index (χ0) is 11.5. The van der Waals surface area contributed by atoms with Crippen molar-refractivity contribution in [1.29, 1.82) is 0 Å². The standard InChI is InChI=1S/C8H4ClN5O2/c9-7-8(15)16-13-14(7)6-4-2-1-3-5(6)11-12-10/h1-4H/p+1. The lowest BCUT2D eigenvalue weighted by molar-refractivity contribution is -0.667. The number of aromatic nitrogens is 2. The van der Waals surface area contributed by atoms with Crippen molar-refractivity contribution in [2.45, 2.75) is 0 Å². The summed E-state index contributed by atoms with van der Waals surface area (Å²) >= 11 is 5.71. The highest BCUT2D eigenvalue weighted by Gasteiger charge is 2.22. The van der Waals surface area contributed by atoms with Crippen molar-refractivity contribution in [2.75, 3.05) is 0 Å². The van der Waals surface area contributed by atoms with Gasteiger partial charge in [-0.1, -0.05) is 17.2 Å². The molecule has 2 rings (SSSR count). The van der Waals surface area contributed by atoms with Gasteiger partial charge in [-0.25, -0.2) is 4.79 Å². The van der Waals surface area contributed by atoms with Gasteiger partial charge >= 0.3 is 10.8 Å². The Balaban J connectivity index is 2.68. The zero-order valence-corrected chi connectivity index (χ0v) is 8.55. The predicted molar refractivity (Wildman–Crippen MR) is 54.7 cm³/mol. The first kappa shape index (κ1) is 10.3. The largest absolute Gasteiger partial charge is 0.447 e. The van der Waals surface area contributed by atoms with Crippen molar-refractivity contribution < 1.29 is 9.20 Å². The molecule has 0 saturated heterocycles. The first-order valence-electron chi connectivity index (χ1n) is 4.17. The molecule has 0 fully saturated rings. The van der Waals surface area contributed by atoms with Gasteiger partial charge in [0, 0.05) is 22.6 Å². The summed E-state index contributed by atoms with van der Waals surface area (Å²) in [7, 11) is 0. The van der Waals surface area contributed by atoms with Gasteiger partial charge in [-0.05, 0) is 21.6 Å². The Hall–Kier alpha value is -2.24. The second-order valence-corrected chi connectivity index (χ2v) is 3.14. The Morgan fingerprint density at radius 2 is 2.25 bits per heavy atom. The molecule has 1 aromatic heterocycles. The molecule has 0 aliphatic carbocycles. The van der Waals surface area contributed by atoms with E-state index in [1.165, 1.54) is 4.68 Å². The van der Waals surface area contributed by atoms with E-state index in [1.807, 2.05) is 0 Å². The van der Waals surface area contributed by atoms with E-state index >= 15 is 0 Å². The first-order chi connectivity index (χ1) is 7.74. The molecule has 2 aromatic rings.